The summed E-state index contributed by atoms with van der Waals surface area (Å²) in [5.41, 5.74) is 4.27. The lowest BCUT2D eigenvalue weighted by molar-refractivity contribution is -0.135. The van der Waals surface area contributed by atoms with Gasteiger partial charge in [-0.05, 0) is 54.2 Å². The van der Waals surface area contributed by atoms with Crippen LogP contribution in [0.15, 0.2) is 66.7 Å². The fraction of sp³-hybridized carbons (Fsp3) is 0.269. The van der Waals surface area contributed by atoms with Gasteiger partial charge in [-0.15, -0.1) is 0 Å². The number of esters is 1. The summed E-state index contributed by atoms with van der Waals surface area (Å²) in [5.74, 6) is 2.20. The van der Waals surface area contributed by atoms with Crippen molar-refractivity contribution >= 4 is 5.97 Å². The number of rotatable bonds is 5. The molecule has 164 valence electrons. The number of carbonyl (C=O) groups is 1. The molecule has 0 amide bonds. The smallest absolute Gasteiger partial charge is 0.318 e. The monoisotopic (exact) mass is 422 g/mol. The number of para-hydroxylation sites is 1. The number of benzene rings is 3. The maximum atomic E-state index is 12.8. The Morgan fingerprint density at radius 1 is 0.903 bits per heavy atom. The van der Waals surface area contributed by atoms with Gasteiger partial charge in [0.2, 0.25) is 0 Å². The molecule has 0 fully saturated rings. The lowest BCUT2D eigenvalue weighted by Gasteiger charge is -2.22. The molecule has 4 rings (SSSR count). The van der Waals surface area contributed by atoms with E-state index in [0.29, 0.717) is 18.1 Å². The van der Waals surface area contributed by atoms with Crippen molar-refractivity contribution in [2.24, 2.45) is 5.92 Å². The Morgan fingerprint density at radius 2 is 1.58 bits per heavy atom. The Hall–Kier alpha value is -3.15. The first kappa shape index (κ1) is 24.1. The first-order chi connectivity index (χ1) is 14.0. The van der Waals surface area contributed by atoms with E-state index in [1.165, 1.54) is 5.56 Å². The SMILES string of the molecule is CC(C)Cc1ccc(C(C)C(=O)Oc2cccc3c2Cc2ccccc2O3)cc1.O.O. The summed E-state index contributed by atoms with van der Waals surface area (Å²) in [7, 11) is 0. The number of hydrogen-bond acceptors (Lipinski definition) is 3. The molecule has 5 heteroatoms. The van der Waals surface area contributed by atoms with Crippen LogP contribution in [0.4, 0.5) is 0 Å². The van der Waals surface area contributed by atoms with Crippen LogP contribution in [0.25, 0.3) is 0 Å². The summed E-state index contributed by atoms with van der Waals surface area (Å²) in [4.78, 5) is 12.8. The molecule has 0 spiro atoms. The van der Waals surface area contributed by atoms with Gasteiger partial charge in [0.15, 0.2) is 0 Å². The van der Waals surface area contributed by atoms with Gasteiger partial charge in [0.25, 0.3) is 0 Å². The number of carbonyl (C=O) groups excluding carboxylic acids is 1. The van der Waals surface area contributed by atoms with Gasteiger partial charge in [0.05, 0.1) is 5.92 Å². The summed E-state index contributed by atoms with van der Waals surface area (Å²) in [6.45, 7) is 6.30. The van der Waals surface area contributed by atoms with Gasteiger partial charge < -0.3 is 20.4 Å². The van der Waals surface area contributed by atoms with Gasteiger partial charge in [-0.1, -0.05) is 62.4 Å². The summed E-state index contributed by atoms with van der Waals surface area (Å²) in [6, 6.07) is 21.8. The molecule has 1 unspecified atom stereocenters. The lowest BCUT2D eigenvalue weighted by atomic mass is 9.96. The molecule has 1 atom stereocenters. The summed E-state index contributed by atoms with van der Waals surface area (Å²) >= 11 is 0. The maximum Gasteiger partial charge on any atom is 0.318 e. The third-order valence-corrected chi connectivity index (χ3v) is 5.34. The third-order valence-electron chi connectivity index (χ3n) is 5.34. The number of ether oxygens (including phenoxy) is 2. The van der Waals surface area contributed by atoms with Gasteiger partial charge in [0.1, 0.15) is 17.2 Å². The van der Waals surface area contributed by atoms with Crippen LogP contribution >= 0.6 is 0 Å². The molecule has 4 N–H and O–H groups in total. The van der Waals surface area contributed by atoms with E-state index in [4.69, 9.17) is 9.47 Å². The van der Waals surface area contributed by atoms with Gasteiger partial charge in [0, 0.05) is 12.0 Å². The third kappa shape index (κ3) is 5.32. The molecule has 0 aliphatic carbocycles. The zero-order valence-electron chi connectivity index (χ0n) is 18.1. The van der Waals surface area contributed by atoms with E-state index >= 15 is 0 Å². The van der Waals surface area contributed by atoms with Crippen LogP contribution in [0, 0.1) is 5.92 Å². The molecule has 3 aromatic rings. The highest BCUT2D eigenvalue weighted by Gasteiger charge is 2.24. The molecule has 0 bridgehead atoms. The quantitative estimate of drug-likeness (QED) is 0.346. The van der Waals surface area contributed by atoms with Crippen molar-refractivity contribution in [3.8, 4) is 17.2 Å². The highest BCUT2D eigenvalue weighted by atomic mass is 16.5. The molecule has 1 heterocycles. The summed E-state index contributed by atoms with van der Waals surface area (Å²) in [6.07, 6.45) is 1.73. The normalized spacial score (nSPS) is 12.4. The van der Waals surface area contributed by atoms with Crippen molar-refractivity contribution in [1.82, 2.24) is 0 Å². The molecule has 0 radical (unpaired) electrons. The van der Waals surface area contributed by atoms with E-state index < -0.39 is 0 Å². The van der Waals surface area contributed by atoms with Crippen molar-refractivity contribution in [1.29, 1.82) is 0 Å². The molecule has 0 saturated heterocycles. The second kappa shape index (κ2) is 10.2. The minimum Gasteiger partial charge on any atom is -0.457 e. The molecule has 1 aliphatic rings. The Labute approximate surface area is 183 Å². The zero-order valence-corrected chi connectivity index (χ0v) is 18.1. The van der Waals surface area contributed by atoms with E-state index in [9.17, 15) is 4.79 Å². The molecule has 3 aromatic carbocycles. The second-order valence-corrected chi connectivity index (χ2v) is 8.10. The van der Waals surface area contributed by atoms with Gasteiger partial charge in [-0.2, -0.15) is 0 Å². The fourth-order valence-electron chi connectivity index (χ4n) is 3.72. The molecule has 0 saturated carbocycles. The van der Waals surface area contributed by atoms with Crippen LogP contribution in [-0.4, -0.2) is 16.9 Å². The van der Waals surface area contributed by atoms with Crippen molar-refractivity contribution < 1.29 is 25.2 Å². The number of hydrogen-bond donors (Lipinski definition) is 0. The van der Waals surface area contributed by atoms with E-state index in [1.54, 1.807) is 0 Å². The summed E-state index contributed by atoms with van der Waals surface area (Å²) in [5, 5.41) is 0. The zero-order chi connectivity index (χ0) is 20.4. The van der Waals surface area contributed by atoms with Gasteiger partial charge >= 0.3 is 5.97 Å². The molecular weight excluding hydrogens is 392 g/mol. The standard InChI is InChI=1S/C26H26O3.2H2O/c1-17(2)15-19-11-13-20(14-12-19)18(3)26(27)29-25-10-6-9-24-22(25)16-21-7-4-5-8-23(21)28-24;;/h4-14,17-18H,15-16H2,1-3H3;2*1H2. The van der Waals surface area contributed by atoms with Crippen LogP contribution < -0.4 is 9.47 Å². The minimum atomic E-state index is -0.337. The van der Waals surface area contributed by atoms with Crippen LogP contribution in [0.1, 0.15) is 48.9 Å². The minimum absolute atomic E-state index is 0. The fourth-order valence-corrected chi connectivity index (χ4v) is 3.72. The maximum absolute atomic E-state index is 12.8. The Kier molecular flexibility index (Phi) is 7.97. The van der Waals surface area contributed by atoms with Crippen LogP contribution in [0.5, 0.6) is 17.2 Å². The van der Waals surface area contributed by atoms with E-state index in [-0.39, 0.29) is 22.8 Å². The lowest BCUT2D eigenvalue weighted by Crippen LogP contribution is -2.18. The largest absolute Gasteiger partial charge is 0.457 e. The van der Waals surface area contributed by atoms with E-state index in [1.807, 2.05) is 61.5 Å². The van der Waals surface area contributed by atoms with Crippen molar-refractivity contribution in [3.63, 3.8) is 0 Å². The molecular formula is C26H30O5. The van der Waals surface area contributed by atoms with Crippen LogP contribution in [0.2, 0.25) is 0 Å². The number of fused-ring (bicyclic) bond motifs is 2. The predicted molar refractivity (Wildman–Crippen MR) is 122 cm³/mol. The second-order valence-electron chi connectivity index (χ2n) is 8.10. The highest BCUT2D eigenvalue weighted by molar-refractivity contribution is 5.80. The average molecular weight is 423 g/mol. The van der Waals surface area contributed by atoms with Crippen LogP contribution in [-0.2, 0) is 17.6 Å². The average Bonchev–Trinajstić information content (AvgIpc) is 2.72. The van der Waals surface area contributed by atoms with Crippen molar-refractivity contribution in [2.45, 2.75) is 39.5 Å². The van der Waals surface area contributed by atoms with Crippen molar-refractivity contribution in [3.05, 3.63) is 89.0 Å². The first-order valence-corrected chi connectivity index (χ1v) is 10.2. The predicted octanol–water partition coefficient (Wildman–Crippen LogP) is 4.64. The van der Waals surface area contributed by atoms with Crippen molar-refractivity contribution in [2.75, 3.05) is 0 Å². The molecule has 5 nitrogen and oxygen atoms in total. The van der Waals surface area contributed by atoms with Gasteiger partial charge in [-0.3, -0.25) is 4.79 Å². The van der Waals surface area contributed by atoms with Crippen LogP contribution in [0.3, 0.4) is 0 Å². The Bertz CT molecular complexity index is 1020. The first-order valence-electron chi connectivity index (χ1n) is 10.2. The molecule has 31 heavy (non-hydrogen) atoms. The highest BCUT2D eigenvalue weighted by Crippen LogP contribution is 2.41. The Morgan fingerprint density at radius 3 is 2.29 bits per heavy atom. The van der Waals surface area contributed by atoms with E-state index in [0.717, 1.165) is 34.6 Å². The van der Waals surface area contributed by atoms with E-state index in [2.05, 4.69) is 26.0 Å². The summed E-state index contributed by atoms with van der Waals surface area (Å²) < 4.78 is 11.8. The molecule has 1 aliphatic heterocycles. The Balaban J connectivity index is 0.00000171. The topological polar surface area (TPSA) is 98.5 Å². The molecule has 0 aromatic heterocycles. The van der Waals surface area contributed by atoms with Gasteiger partial charge in [-0.25, -0.2) is 0 Å².